The second kappa shape index (κ2) is 10.7. The normalized spacial score (nSPS) is 14.8. The van der Waals surface area contributed by atoms with E-state index in [2.05, 4.69) is 24.0 Å². The van der Waals surface area contributed by atoms with Gasteiger partial charge in [0.15, 0.2) is 11.5 Å². The van der Waals surface area contributed by atoms with Crippen LogP contribution in [0.15, 0.2) is 72.8 Å². The standard InChI is InChI=1S/C30H30ClN3O3/c1-19(2)15-16-37-24-14-11-22(17-25(24)36-3)29-26-27(21-7-5-4-6-8-21)32-33-28(26)30(35)34(29)18-20-9-12-23(31)13-10-20/h4-14,17,19,29H,15-16,18H2,1-3H3,(H,32,33). The zero-order valence-electron chi connectivity index (χ0n) is 21.2. The highest BCUT2D eigenvalue weighted by Crippen LogP contribution is 2.45. The Balaban J connectivity index is 1.57. The van der Waals surface area contributed by atoms with E-state index in [0.29, 0.717) is 41.3 Å². The van der Waals surface area contributed by atoms with Crippen molar-refractivity contribution >= 4 is 17.5 Å². The summed E-state index contributed by atoms with van der Waals surface area (Å²) < 4.78 is 11.7. The second-order valence-electron chi connectivity index (χ2n) is 9.63. The van der Waals surface area contributed by atoms with E-state index in [4.69, 9.17) is 21.1 Å². The van der Waals surface area contributed by atoms with E-state index in [0.717, 1.165) is 34.4 Å². The van der Waals surface area contributed by atoms with E-state index in [1.54, 1.807) is 7.11 Å². The van der Waals surface area contributed by atoms with Crippen molar-refractivity contribution in [2.75, 3.05) is 13.7 Å². The first-order valence-electron chi connectivity index (χ1n) is 12.5. The molecule has 1 aromatic heterocycles. The van der Waals surface area contributed by atoms with Gasteiger partial charge in [-0.25, -0.2) is 0 Å². The number of hydrogen-bond acceptors (Lipinski definition) is 4. The van der Waals surface area contributed by atoms with Gasteiger partial charge in [0.05, 0.1) is 25.5 Å². The fourth-order valence-corrected chi connectivity index (χ4v) is 4.81. The second-order valence-corrected chi connectivity index (χ2v) is 10.1. The van der Waals surface area contributed by atoms with Crippen molar-refractivity contribution in [2.24, 2.45) is 5.92 Å². The molecule has 1 N–H and O–H groups in total. The monoisotopic (exact) mass is 515 g/mol. The van der Waals surface area contributed by atoms with Crippen LogP contribution in [0.3, 0.4) is 0 Å². The van der Waals surface area contributed by atoms with E-state index in [-0.39, 0.29) is 11.9 Å². The number of H-pyrrole nitrogens is 1. The van der Waals surface area contributed by atoms with E-state index >= 15 is 0 Å². The van der Waals surface area contributed by atoms with Gasteiger partial charge in [-0.15, -0.1) is 0 Å². The van der Waals surface area contributed by atoms with Crippen LogP contribution in [0.25, 0.3) is 11.3 Å². The number of nitrogens with one attached hydrogen (secondary N) is 1. The first kappa shape index (κ1) is 24.9. The minimum atomic E-state index is -0.356. The summed E-state index contributed by atoms with van der Waals surface area (Å²) >= 11 is 6.11. The summed E-state index contributed by atoms with van der Waals surface area (Å²) in [6, 6.07) is 23.1. The summed E-state index contributed by atoms with van der Waals surface area (Å²) in [7, 11) is 1.64. The van der Waals surface area contributed by atoms with Crippen molar-refractivity contribution in [2.45, 2.75) is 32.9 Å². The van der Waals surface area contributed by atoms with Gasteiger partial charge in [0.1, 0.15) is 5.69 Å². The van der Waals surface area contributed by atoms with E-state index < -0.39 is 0 Å². The highest BCUT2D eigenvalue weighted by atomic mass is 35.5. The molecule has 0 fully saturated rings. The molecule has 1 aliphatic rings. The fourth-order valence-electron chi connectivity index (χ4n) is 4.69. The Hall–Kier alpha value is -3.77. The third kappa shape index (κ3) is 5.07. The van der Waals surface area contributed by atoms with Gasteiger partial charge in [-0.05, 0) is 47.7 Å². The molecule has 1 amide bonds. The average molecular weight is 516 g/mol. The number of carbonyl (C=O) groups excluding carboxylic acids is 1. The van der Waals surface area contributed by atoms with Crippen LogP contribution in [-0.4, -0.2) is 34.7 Å². The topological polar surface area (TPSA) is 67.5 Å². The predicted molar refractivity (Wildman–Crippen MR) is 145 cm³/mol. The van der Waals surface area contributed by atoms with Crippen molar-refractivity contribution in [3.05, 3.63) is 100 Å². The molecule has 0 aliphatic carbocycles. The molecule has 0 bridgehead atoms. The summed E-state index contributed by atoms with van der Waals surface area (Å²) in [6.07, 6.45) is 0.954. The molecule has 5 rings (SSSR count). The highest BCUT2D eigenvalue weighted by Gasteiger charge is 2.42. The van der Waals surface area contributed by atoms with Crippen molar-refractivity contribution in [1.29, 1.82) is 0 Å². The fraction of sp³-hybridized carbons (Fsp3) is 0.267. The zero-order valence-corrected chi connectivity index (χ0v) is 22.0. The number of rotatable bonds is 9. The number of aromatic amines is 1. The number of benzene rings is 3. The SMILES string of the molecule is COc1cc(C2c3c(-c4ccccc4)n[nH]c3C(=O)N2Cc2ccc(Cl)cc2)ccc1OCCC(C)C. The summed E-state index contributed by atoms with van der Waals surface area (Å²) in [4.78, 5) is 15.6. The van der Waals surface area contributed by atoms with E-state index in [9.17, 15) is 4.79 Å². The van der Waals surface area contributed by atoms with Gasteiger partial charge in [-0.1, -0.05) is 74.0 Å². The maximum absolute atomic E-state index is 13.7. The van der Waals surface area contributed by atoms with E-state index in [1.165, 1.54) is 0 Å². The Labute approximate surface area is 222 Å². The maximum Gasteiger partial charge on any atom is 0.273 e. The van der Waals surface area contributed by atoms with Gasteiger partial charge in [0.2, 0.25) is 0 Å². The van der Waals surface area contributed by atoms with Gasteiger partial charge in [-0.2, -0.15) is 5.10 Å². The number of methoxy groups -OCH3 is 1. The minimum Gasteiger partial charge on any atom is -0.493 e. The summed E-state index contributed by atoms with van der Waals surface area (Å²) in [5.41, 5.74) is 5.00. The van der Waals surface area contributed by atoms with Crippen LogP contribution in [0.4, 0.5) is 0 Å². The Morgan fingerprint density at radius 2 is 1.78 bits per heavy atom. The molecule has 3 aromatic carbocycles. The van der Waals surface area contributed by atoms with Crippen LogP contribution in [-0.2, 0) is 6.54 Å². The van der Waals surface area contributed by atoms with Crippen molar-refractivity contribution in [3.63, 3.8) is 0 Å². The first-order chi connectivity index (χ1) is 18.0. The molecular formula is C30H30ClN3O3. The van der Waals surface area contributed by atoms with E-state index in [1.807, 2.05) is 77.7 Å². The lowest BCUT2D eigenvalue weighted by molar-refractivity contribution is 0.0730. The highest BCUT2D eigenvalue weighted by molar-refractivity contribution is 6.30. The Bertz CT molecular complexity index is 1380. The number of fused-ring (bicyclic) bond motifs is 1. The minimum absolute atomic E-state index is 0.0964. The molecule has 0 saturated heterocycles. The largest absolute Gasteiger partial charge is 0.493 e. The van der Waals surface area contributed by atoms with Gasteiger partial charge >= 0.3 is 0 Å². The molecule has 6 nitrogen and oxygen atoms in total. The van der Waals surface area contributed by atoms with Crippen molar-refractivity contribution in [1.82, 2.24) is 15.1 Å². The third-order valence-corrected chi connectivity index (χ3v) is 6.89. The van der Waals surface area contributed by atoms with Crippen LogP contribution in [0, 0.1) is 5.92 Å². The lowest BCUT2D eigenvalue weighted by Crippen LogP contribution is -2.29. The molecule has 0 radical (unpaired) electrons. The molecule has 1 atom stereocenters. The molecule has 1 aliphatic heterocycles. The molecule has 1 unspecified atom stereocenters. The van der Waals surface area contributed by atoms with Crippen LogP contribution in [0.2, 0.25) is 5.02 Å². The molecular weight excluding hydrogens is 486 g/mol. The van der Waals surface area contributed by atoms with Crippen molar-refractivity contribution < 1.29 is 14.3 Å². The number of hydrogen-bond donors (Lipinski definition) is 1. The van der Waals surface area contributed by atoms with Crippen LogP contribution in [0.1, 0.15) is 53.5 Å². The third-order valence-electron chi connectivity index (χ3n) is 6.63. The lowest BCUT2D eigenvalue weighted by Gasteiger charge is -2.27. The molecule has 4 aromatic rings. The number of nitrogens with zero attached hydrogens (tertiary/aromatic N) is 2. The Morgan fingerprint density at radius 3 is 2.49 bits per heavy atom. The molecule has 7 heteroatoms. The molecule has 190 valence electrons. The van der Waals surface area contributed by atoms with Gasteiger partial charge in [-0.3, -0.25) is 9.89 Å². The van der Waals surface area contributed by atoms with Crippen molar-refractivity contribution in [3.8, 4) is 22.8 Å². The summed E-state index contributed by atoms with van der Waals surface area (Å²) in [6.45, 7) is 5.38. The van der Waals surface area contributed by atoms with Crippen LogP contribution < -0.4 is 9.47 Å². The molecule has 37 heavy (non-hydrogen) atoms. The number of ether oxygens (including phenoxy) is 2. The zero-order chi connectivity index (χ0) is 25.9. The quantitative estimate of drug-likeness (QED) is 0.263. The Morgan fingerprint density at radius 1 is 1.03 bits per heavy atom. The van der Waals surface area contributed by atoms with Crippen LogP contribution >= 0.6 is 11.6 Å². The molecule has 2 heterocycles. The summed E-state index contributed by atoms with van der Waals surface area (Å²) in [5.74, 6) is 1.78. The maximum atomic E-state index is 13.7. The smallest absolute Gasteiger partial charge is 0.273 e. The van der Waals surface area contributed by atoms with Gasteiger partial charge in [0, 0.05) is 22.7 Å². The number of amides is 1. The number of halogens is 1. The summed E-state index contributed by atoms with van der Waals surface area (Å²) in [5, 5.41) is 8.24. The van der Waals surface area contributed by atoms with Crippen LogP contribution in [0.5, 0.6) is 11.5 Å². The molecule has 0 saturated carbocycles. The predicted octanol–water partition coefficient (Wildman–Crippen LogP) is 6.91. The Kier molecular flexibility index (Phi) is 7.19. The van der Waals surface area contributed by atoms with Gasteiger partial charge in [0.25, 0.3) is 5.91 Å². The van der Waals surface area contributed by atoms with Gasteiger partial charge < -0.3 is 14.4 Å². The lowest BCUT2D eigenvalue weighted by atomic mass is 9.95. The molecule has 0 spiro atoms. The average Bonchev–Trinajstić information content (AvgIpc) is 3.45. The number of aromatic nitrogens is 2. The number of carbonyl (C=O) groups is 1. The first-order valence-corrected chi connectivity index (χ1v) is 12.8.